The van der Waals surface area contributed by atoms with E-state index in [4.69, 9.17) is 5.11 Å². The second-order valence-corrected chi connectivity index (χ2v) is 6.82. The minimum absolute atomic E-state index is 0.299. The van der Waals surface area contributed by atoms with E-state index >= 15 is 0 Å². The van der Waals surface area contributed by atoms with Crippen LogP contribution in [0.1, 0.15) is 30.1 Å². The summed E-state index contributed by atoms with van der Waals surface area (Å²) in [5, 5.41) is 12.4. The van der Waals surface area contributed by atoms with Gasteiger partial charge in [-0.05, 0) is 72.5 Å². The van der Waals surface area contributed by atoms with E-state index in [1.165, 1.54) is 12.8 Å². The number of hydrogen-bond acceptors (Lipinski definition) is 3. The molecule has 1 aliphatic heterocycles. The first-order valence-electron chi connectivity index (χ1n) is 6.85. The molecule has 0 radical (unpaired) electrons. The number of nitrogens with one attached hydrogen (secondary N) is 1. The minimum atomic E-state index is -0.903. The van der Waals surface area contributed by atoms with Crippen molar-refractivity contribution in [2.24, 2.45) is 5.41 Å². The van der Waals surface area contributed by atoms with Crippen LogP contribution in [0.5, 0.6) is 0 Å². The Kier molecular flexibility index (Phi) is 4.70. The fourth-order valence-corrected chi connectivity index (χ4v) is 2.95. The molecule has 0 aliphatic carbocycles. The third kappa shape index (κ3) is 3.73. The number of halogens is 1. The van der Waals surface area contributed by atoms with E-state index in [2.05, 4.69) is 40.1 Å². The van der Waals surface area contributed by atoms with Gasteiger partial charge in [-0.15, -0.1) is 0 Å². The van der Waals surface area contributed by atoms with E-state index in [1.807, 2.05) is 6.07 Å². The van der Waals surface area contributed by atoms with Gasteiger partial charge in [0.25, 0.3) is 0 Å². The summed E-state index contributed by atoms with van der Waals surface area (Å²) in [5.41, 5.74) is 1.56. The number of piperidine rings is 1. The fraction of sp³-hybridized carbons (Fsp3) is 0.533. The molecule has 0 bridgehead atoms. The van der Waals surface area contributed by atoms with Gasteiger partial charge in [-0.1, -0.05) is 6.92 Å². The predicted octanol–water partition coefficient (Wildman–Crippen LogP) is 3.29. The average Bonchev–Trinajstić information content (AvgIpc) is 2.41. The highest BCUT2D eigenvalue weighted by Gasteiger charge is 2.28. The molecule has 1 aromatic rings. The molecular weight excluding hydrogens is 320 g/mol. The predicted molar refractivity (Wildman–Crippen MR) is 84.4 cm³/mol. The minimum Gasteiger partial charge on any atom is -0.478 e. The number of carboxylic acids is 1. The van der Waals surface area contributed by atoms with Crippen LogP contribution in [-0.4, -0.2) is 42.7 Å². The monoisotopic (exact) mass is 340 g/mol. The van der Waals surface area contributed by atoms with Crippen LogP contribution >= 0.6 is 15.9 Å². The smallest absolute Gasteiger partial charge is 0.335 e. The van der Waals surface area contributed by atoms with E-state index in [-0.39, 0.29) is 0 Å². The number of hydrogen-bond donors (Lipinski definition) is 2. The molecule has 1 saturated heterocycles. The highest BCUT2D eigenvalue weighted by Crippen LogP contribution is 2.32. The van der Waals surface area contributed by atoms with Crippen LogP contribution in [0.15, 0.2) is 22.7 Å². The lowest BCUT2D eigenvalue weighted by Crippen LogP contribution is -2.40. The first-order chi connectivity index (χ1) is 9.39. The average molecular weight is 341 g/mol. The van der Waals surface area contributed by atoms with Gasteiger partial charge in [0.15, 0.2) is 0 Å². The fourth-order valence-electron chi connectivity index (χ4n) is 2.44. The molecule has 5 heteroatoms. The van der Waals surface area contributed by atoms with Crippen LogP contribution in [0.25, 0.3) is 0 Å². The number of benzene rings is 1. The zero-order chi connectivity index (χ0) is 14.8. The first-order valence-corrected chi connectivity index (χ1v) is 7.64. The number of likely N-dealkylation sites (tertiary alicyclic amines) is 1. The number of anilines is 1. The second-order valence-electron chi connectivity index (χ2n) is 5.97. The lowest BCUT2D eigenvalue weighted by Gasteiger charge is -2.38. The largest absolute Gasteiger partial charge is 0.478 e. The molecule has 1 fully saturated rings. The van der Waals surface area contributed by atoms with Gasteiger partial charge in [0.05, 0.1) is 5.56 Å². The number of rotatable bonds is 4. The molecule has 0 unspecified atom stereocenters. The highest BCUT2D eigenvalue weighted by atomic mass is 79.9. The molecule has 2 N–H and O–H groups in total. The molecule has 110 valence electrons. The van der Waals surface area contributed by atoms with Crippen LogP contribution in [0.4, 0.5) is 5.69 Å². The van der Waals surface area contributed by atoms with Gasteiger partial charge in [0, 0.05) is 16.7 Å². The molecular formula is C15H21BrN2O2. The molecule has 0 saturated carbocycles. The van der Waals surface area contributed by atoms with Crippen LogP contribution in [-0.2, 0) is 0 Å². The molecule has 0 spiro atoms. The number of carbonyl (C=O) groups is 1. The first kappa shape index (κ1) is 15.3. The Labute approximate surface area is 128 Å². The van der Waals surface area contributed by atoms with Gasteiger partial charge in [0.1, 0.15) is 0 Å². The Balaban J connectivity index is 1.99. The SMILES string of the molecule is CN1CCC(C)(CNc2ccc(C(=O)O)cc2Br)CC1. The summed E-state index contributed by atoms with van der Waals surface area (Å²) >= 11 is 3.43. The van der Waals surface area contributed by atoms with Crippen LogP contribution in [0, 0.1) is 5.41 Å². The highest BCUT2D eigenvalue weighted by molar-refractivity contribution is 9.10. The summed E-state index contributed by atoms with van der Waals surface area (Å²) in [6.45, 7) is 5.49. The Morgan fingerprint density at radius 2 is 2.10 bits per heavy atom. The Bertz CT molecular complexity index is 497. The van der Waals surface area contributed by atoms with Crippen molar-refractivity contribution >= 4 is 27.6 Å². The van der Waals surface area contributed by atoms with Crippen molar-refractivity contribution in [3.8, 4) is 0 Å². The number of nitrogens with zero attached hydrogens (tertiary/aromatic N) is 1. The van der Waals surface area contributed by atoms with Crippen LogP contribution < -0.4 is 5.32 Å². The molecule has 2 rings (SSSR count). The van der Waals surface area contributed by atoms with Crippen molar-refractivity contribution < 1.29 is 9.90 Å². The zero-order valence-corrected chi connectivity index (χ0v) is 13.5. The van der Waals surface area contributed by atoms with E-state index in [1.54, 1.807) is 12.1 Å². The third-order valence-corrected chi connectivity index (χ3v) is 4.77. The zero-order valence-electron chi connectivity index (χ0n) is 11.9. The van der Waals surface area contributed by atoms with Crippen molar-refractivity contribution in [1.82, 2.24) is 4.90 Å². The quantitative estimate of drug-likeness (QED) is 0.882. The van der Waals surface area contributed by atoms with Gasteiger partial charge in [0.2, 0.25) is 0 Å². The van der Waals surface area contributed by atoms with Gasteiger partial charge in [-0.2, -0.15) is 0 Å². The van der Waals surface area contributed by atoms with Crippen molar-refractivity contribution in [3.63, 3.8) is 0 Å². The molecule has 0 aromatic heterocycles. The van der Waals surface area contributed by atoms with Crippen molar-refractivity contribution in [1.29, 1.82) is 0 Å². The van der Waals surface area contributed by atoms with Crippen molar-refractivity contribution in [3.05, 3.63) is 28.2 Å². The Morgan fingerprint density at radius 1 is 1.45 bits per heavy atom. The molecule has 1 aliphatic rings. The van der Waals surface area contributed by atoms with Gasteiger partial charge in [-0.25, -0.2) is 4.79 Å². The van der Waals surface area contributed by atoms with E-state index in [9.17, 15) is 4.79 Å². The summed E-state index contributed by atoms with van der Waals surface area (Å²) < 4.78 is 0.800. The van der Waals surface area contributed by atoms with Gasteiger partial charge in [-0.3, -0.25) is 0 Å². The maximum Gasteiger partial charge on any atom is 0.335 e. The molecule has 20 heavy (non-hydrogen) atoms. The second kappa shape index (κ2) is 6.14. The van der Waals surface area contributed by atoms with Crippen molar-refractivity contribution in [2.45, 2.75) is 19.8 Å². The van der Waals surface area contributed by atoms with Crippen LogP contribution in [0.3, 0.4) is 0 Å². The Hall–Kier alpha value is -1.07. The lowest BCUT2D eigenvalue weighted by molar-refractivity contribution is 0.0697. The maximum atomic E-state index is 10.9. The standard InChI is InChI=1S/C15H21BrN2O2/c1-15(5-7-18(2)8-6-15)10-17-13-4-3-11(14(19)20)9-12(13)16/h3-4,9,17H,5-8,10H2,1-2H3,(H,19,20). The van der Waals surface area contributed by atoms with E-state index in [0.29, 0.717) is 11.0 Å². The van der Waals surface area contributed by atoms with Gasteiger partial charge < -0.3 is 15.3 Å². The summed E-state index contributed by atoms with van der Waals surface area (Å²) in [6, 6.07) is 5.10. The third-order valence-electron chi connectivity index (χ3n) is 4.12. The summed E-state index contributed by atoms with van der Waals surface area (Å²) in [6.07, 6.45) is 2.36. The maximum absolute atomic E-state index is 10.9. The molecule has 1 heterocycles. The molecule has 0 atom stereocenters. The topological polar surface area (TPSA) is 52.6 Å². The van der Waals surface area contributed by atoms with E-state index < -0.39 is 5.97 Å². The summed E-state index contributed by atoms with van der Waals surface area (Å²) in [7, 11) is 2.16. The molecule has 4 nitrogen and oxygen atoms in total. The van der Waals surface area contributed by atoms with E-state index in [0.717, 1.165) is 29.8 Å². The van der Waals surface area contributed by atoms with Crippen molar-refractivity contribution in [2.75, 3.05) is 32.0 Å². The molecule has 1 aromatic carbocycles. The van der Waals surface area contributed by atoms with Crippen LogP contribution in [0.2, 0.25) is 0 Å². The summed E-state index contributed by atoms with van der Waals surface area (Å²) in [4.78, 5) is 13.3. The lowest BCUT2D eigenvalue weighted by atomic mass is 9.80. The Morgan fingerprint density at radius 3 is 2.65 bits per heavy atom. The van der Waals surface area contributed by atoms with Gasteiger partial charge >= 0.3 is 5.97 Å². The number of carboxylic acid groups (broad SMARTS) is 1. The summed E-state index contributed by atoms with van der Waals surface area (Å²) in [5.74, 6) is -0.903. The number of aromatic carboxylic acids is 1. The molecule has 0 amide bonds. The normalized spacial score (nSPS) is 18.8.